The van der Waals surface area contributed by atoms with Crippen molar-refractivity contribution in [1.82, 2.24) is 4.98 Å². The number of rotatable bonds is 5. The number of pyridine rings is 1. The standard InChI is InChI=1S/C24H24N4O5S/c1-16-15-27(24(30)31)22-13-18(17-6-9-19(10-7-17)26-34(2,32)33)8-11-21(22)28(16)23(29)14-20-5-3-4-12-25-20/h3-13,16,26H,14-15H2,1-2H3,(H,30,31)/t16-/m0/s1. The van der Waals surface area contributed by atoms with Crippen LogP contribution in [0.4, 0.5) is 21.9 Å². The third-order valence-electron chi connectivity index (χ3n) is 5.49. The molecule has 0 fully saturated rings. The van der Waals surface area contributed by atoms with E-state index in [4.69, 9.17) is 0 Å². The maximum atomic E-state index is 13.2. The number of aromatic nitrogens is 1. The van der Waals surface area contributed by atoms with Crippen LogP contribution in [-0.4, -0.2) is 49.4 Å². The van der Waals surface area contributed by atoms with Gasteiger partial charge in [-0.1, -0.05) is 24.3 Å². The highest BCUT2D eigenvalue weighted by Crippen LogP contribution is 2.39. The summed E-state index contributed by atoms with van der Waals surface area (Å²) in [5.74, 6) is -0.165. The van der Waals surface area contributed by atoms with E-state index in [1.54, 1.807) is 59.6 Å². The van der Waals surface area contributed by atoms with Crippen molar-refractivity contribution in [3.8, 4) is 11.1 Å². The minimum Gasteiger partial charge on any atom is -0.465 e. The van der Waals surface area contributed by atoms with Crippen LogP contribution < -0.4 is 14.5 Å². The SMILES string of the molecule is C[C@H]1CN(C(=O)O)c2cc(-c3ccc(NS(C)(=O)=O)cc3)ccc2N1C(=O)Cc1ccccn1. The lowest BCUT2D eigenvalue weighted by Gasteiger charge is -2.40. The van der Waals surface area contributed by atoms with E-state index >= 15 is 0 Å². The summed E-state index contributed by atoms with van der Waals surface area (Å²) in [6, 6.07) is 17.1. The Bertz CT molecular complexity index is 1330. The van der Waals surface area contributed by atoms with Gasteiger partial charge in [-0.3, -0.25) is 19.4 Å². The van der Waals surface area contributed by atoms with E-state index in [1.807, 2.05) is 19.1 Å². The smallest absolute Gasteiger partial charge is 0.411 e. The molecule has 2 heterocycles. The average Bonchev–Trinajstić information content (AvgIpc) is 2.78. The van der Waals surface area contributed by atoms with E-state index < -0.39 is 16.1 Å². The van der Waals surface area contributed by atoms with Crippen LogP contribution in [-0.2, 0) is 21.2 Å². The fourth-order valence-corrected chi connectivity index (χ4v) is 4.62. The van der Waals surface area contributed by atoms with Gasteiger partial charge in [-0.15, -0.1) is 0 Å². The molecule has 0 unspecified atom stereocenters. The summed E-state index contributed by atoms with van der Waals surface area (Å²) in [7, 11) is -3.39. The zero-order valence-electron chi connectivity index (χ0n) is 18.7. The number of hydrogen-bond donors (Lipinski definition) is 2. The Balaban J connectivity index is 1.69. The number of nitrogens with one attached hydrogen (secondary N) is 1. The number of carbonyl (C=O) groups excluding carboxylic acids is 1. The molecule has 0 spiro atoms. The molecular formula is C24H24N4O5S. The summed E-state index contributed by atoms with van der Waals surface area (Å²) in [5, 5.41) is 9.82. The van der Waals surface area contributed by atoms with Gasteiger partial charge in [-0.05, 0) is 54.4 Å². The van der Waals surface area contributed by atoms with Crippen molar-refractivity contribution in [2.24, 2.45) is 0 Å². The van der Waals surface area contributed by atoms with Crippen LogP contribution >= 0.6 is 0 Å². The lowest BCUT2D eigenvalue weighted by molar-refractivity contribution is -0.118. The molecule has 10 heteroatoms. The zero-order valence-corrected chi connectivity index (χ0v) is 19.5. The van der Waals surface area contributed by atoms with E-state index in [9.17, 15) is 23.1 Å². The van der Waals surface area contributed by atoms with E-state index in [-0.39, 0.29) is 24.9 Å². The molecule has 0 bridgehead atoms. The quantitative estimate of drug-likeness (QED) is 0.576. The van der Waals surface area contributed by atoms with Crippen LogP contribution in [0.15, 0.2) is 66.9 Å². The predicted molar refractivity (Wildman–Crippen MR) is 131 cm³/mol. The van der Waals surface area contributed by atoms with E-state index in [0.29, 0.717) is 22.8 Å². The average molecular weight is 481 g/mol. The van der Waals surface area contributed by atoms with Crippen LogP contribution in [0.3, 0.4) is 0 Å². The van der Waals surface area contributed by atoms with Crippen molar-refractivity contribution in [2.75, 3.05) is 27.3 Å². The number of sulfonamides is 1. The highest BCUT2D eigenvalue weighted by Gasteiger charge is 2.35. The molecule has 34 heavy (non-hydrogen) atoms. The maximum absolute atomic E-state index is 13.2. The number of fused-ring (bicyclic) bond motifs is 1. The first-order valence-corrected chi connectivity index (χ1v) is 12.5. The van der Waals surface area contributed by atoms with Gasteiger partial charge in [-0.25, -0.2) is 13.2 Å². The molecule has 0 radical (unpaired) electrons. The zero-order chi connectivity index (χ0) is 24.5. The summed E-state index contributed by atoms with van der Waals surface area (Å²) in [6.45, 7) is 1.95. The van der Waals surface area contributed by atoms with Crippen molar-refractivity contribution >= 4 is 39.1 Å². The summed E-state index contributed by atoms with van der Waals surface area (Å²) < 4.78 is 25.3. The second kappa shape index (κ2) is 9.14. The highest BCUT2D eigenvalue weighted by atomic mass is 32.2. The molecule has 0 saturated heterocycles. The fraction of sp³-hybridized carbons (Fsp3) is 0.208. The van der Waals surface area contributed by atoms with E-state index in [0.717, 1.165) is 17.4 Å². The number of carboxylic acid groups (broad SMARTS) is 1. The molecule has 0 saturated carbocycles. The number of carbonyl (C=O) groups is 2. The molecule has 3 aromatic rings. The molecule has 2 N–H and O–H groups in total. The van der Waals surface area contributed by atoms with Crippen molar-refractivity contribution < 1.29 is 23.1 Å². The number of nitrogens with zero attached hydrogens (tertiary/aromatic N) is 3. The lowest BCUT2D eigenvalue weighted by Crippen LogP contribution is -2.52. The largest absolute Gasteiger partial charge is 0.465 e. The third-order valence-corrected chi connectivity index (χ3v) is 6.10. The first-order valence-electron chi connectivity index (χ1n) is 10.6. The molecule has 1 atom stereocenters. The van der Waals surface area contributed by atoms with Crippen molar-refractivity contribution in [3.63, 3.8) is 0 Å². The molecule has 176 valence electrons. The Hall–Kier alpha value is -3.92. The Labute approximate surface area is 197 Å². The van der Waals surface area contributed by atoms with Gasteiger partial charge in [0, 0.05) is 24.1 Å². The van der Waals surface area contributed by atoms with Gasteiger partial charge in [0.1, 0.15) is 0 Å². The monoisotopic (exact) mass is 480 g/mol. The number of anilines is 3. The van der Waals surface area contributed by atoms with E-state index in [2.05, 4.69) is 9.71 Å². The van der Waals surface area contributed by atoms with Gasteiger partial charge >= 0.3 is 6.09 Å². The number of hydrogen-bond acceptors (Lipinski definition) is 5. The highest BCUT2D eigenvalue weighted by molar-refractivity contribution is 7.92. The van der Waals surface area contributed by atoms with Gasteiger partial charge in [0.25, 0.3) is 0 Å². The van der Waals surface area contributed by atoms with Crippen LogP contribution in [0.2, 0.25) is 0 Å². The molecule has 4 rings (SSSR count). The predicted octanol–water partition coefficient (Wildman–Crippen LogP) is 3.58. The number of amides is 2. The normalized spacial score (nSPS) is 15.5. The maximum Gasteiger partial charge on any atom is 0.411 e. The Morgan fingerprint density at radius 1 is 1.06 bits per heavy atom. The Kier molecular flexibility index (Phi) is 6.25. The van der Waals surface area contributed by atoms with Crippen LogP contribution in [0.5, 0.6) is 0 Å². The molecule has 1 aliphatic rings. The Morgan fingerprint density at radius 2 is 1.76 bits per heavy atom. The van der Waals surface area contributed by atoms with Crippen molar-refractivity contribution in [1.29, 1.82) is 0 Å². The second-order valence-corrected chi connectivity index (χ2v) is 9.91. The van der Waals surface area contributed by atoms with Crippen LogP contribution in [0, 0.1) is 0 Å². The first-order chi connectivity index (χ1) is 16.1. The lowest BCUT2D eigenvalue weighted by atomic mass is 10.00. The Morgan fingerprint density at radius 3 is 2.38 bits per heavy atom. The van der Waals surface area contributed by atoms with Crippen molar-refractivity contribution in [3.05, 3.63) is 72.6 Å². The number of benzene rings is 2. The molecule has 2 aromatic carbocycles. The summed E-state index contributed by atoms with van der Waals surface area (Å²) in [5.41, 5.74) is 3.51. The third kappa shape index (κ3) is 5.01. The summed E-state index contributed by atoms with van der Waals surface area (Å²) in [6.07, 6.45) is 1.71. The van der Waals surface area contributed by atoms with E-state index in [1.165, 1.54) is 4.90 Å². The van der Waals surface area contributed by atoms with Crippen molar-refractivity contribution in [2.45, 2.75) is 19.4 Å². The van der Waals surface area contributed by atoms with Crippen LogP contribution in [0.25, 0.3) is 11.1 Å². The summed E-state index contributed by atoms with van der Waals surface area (Å²) >= 11 is 0. The molecule has 1 aromatic heterocycles. The molecular weight excluding hydrogens is 456 g/mol. The van der Waals surface area contributed by atoms with Gasteiger partial charge in [0.05, 0.1) is 30.1 Å². The van der Waals surface area contributed by atoms with Gasteiger partial charge in [-0.2, -0.15) is 0 Å². The molecule has 9 nitrogen and oxygen atoms in total. The van der Waals surface area contributed by atoms with Crippen LogP contribution in [0.1, 0.15) is 12.6 Å². The molecule has 0 aliphatic carbocycles. The van der Waals surface area contributed by atoms with Gasteiger partial charge < -0.3 is 10.0 Å². The van der Waals surface area contributed by atoms with Gasteiger partial charge in [0.2, 0.25) is 15.9 Å². The minimum atomic E-state index is -3.39. The first kappa shape index (κ1) is 23.2. The molecule has 2 amide bonds. The summed E-state index contributed by atoms with van der Waals surface area (Å²) in [4.78, 5) is 32.3. The fourth-order valence-electron chi connectivity index (χ4n) is 4.05. The van der Waals surface area contributed by atoms with Gasteiger partial charge in [0.15, 0.2) is 0 Å². The minimum absolute atomic E-state index is 0.105. The second-order valence-electron chi connectivity index (χ2n) is 8.16. The topological polar surface area (TPSA) is 120 Å². The molecule has 1 aliphatic heterocycles.